The lowest BCUT2D eigenvalue weighted by Gasteiger charge is -2.30. The number of nitrogens with zero attached hydrogens (tertiary/aromatic N) is 5. The standard InChI is InChI=1S/C18H34N6/c1-5-19-18(22(3)14-17-13-21-23(4)15-17)20-10-7-16-8-11-24(6-2)12-9-16/h13,15-16H,5-12,14H2,1-4H3,(H,19,20). The van der Waals surface area contributed by atoms with Gasteiger partial charge in [0.15, 0.2) is 5.96 Å². The summed E-state index contributed by atoms with van der Waals surface area (Å²) >= 11 is 0. The molecule has 0 radical (unpaired) electrons. The molecule has 2 rings (SSSR count). The van der Waals surface area contributed by atoms with Crippen LogP contribution in [0.3, 0.4) is 0 Å². The minimum absolute atomic E-state index is 0.828. The Bertz CT molecular complexity index is 501. The van der Waals surface area contributed by atoms with Gasteiger partial charge < -0.3 is 15.1 Å². The number of likely N-dealkylation sites (tertiary alicyclic amines) is 1. The van der Waals surface area contributed by atoms with Crippen molar-refractivity contribution in [2.75, 3.05) is 39.8 Å². The number of aryl methyl sites for hydroxylation is 1. The van der Waals surface area contributed by atoms with Crippen LogP contribution in [-0.2, 0) is 13.6 Å². The molecule has 24 heavy (non-hydrogen) atoms. The largest absolute Gasteiger partial charge is 0.357 e. The van der Waals surface area contributed by atoms with E-state index in [2.05, 4.69) is 47.3 Å². The fourth-order valence-electron chi connectivity index (χ4n) is 3.32. The van der Waals surface area contributed by atoms with E-state index in [-0.39, 0.29) is 0 Å². The van der Waals surface area contributed by atoms with Gasteiger partial charge in [0.2, 0.25) is 0 Å². The van der Waals surface area contributed by atoms with Gasteiger partial charge in [-0.1, -0.05) is 6.92 Å². The summed E-state index contributed by atoms with van der Waals surface area (Å²) in [6.07, 6.45) is 7.83. The van der Waals surface area contributed by atoms with E-state index in [1.807, 2.05) is 17.9 Å². The first kappa shape index (κ1) is 18.8. The Morgan fingerprint density at radius 3 is 2.71 bits per heavy atom. The maximum atomic E-state index is 4.84. The fraction of sp³-hybridized carbons (Fsp3) is 0.778. The third-order valence-corrected chi connectivity index (χ3v) is 4.83. The molecular weight excluding hydrogens is 300 g/mol. The van der Waals surface area contributed by atoms with Crippen molar-refractivity contribution >= 4 is 5.96 Å². The first-order chi connectivity index (χ1) is 11.6. The van der Waals surface area contributed by atoms with Crippen molar-refractivity contribution in [1.29, 1.82) is 0 Å². The molecule has 0 aliphatic carbocycles. The molecule has 2 heterocycles. The second-order valence-electron chi connectivity index (χ2n) is 6.78. The number of hydrogen-bond acceptors (Lipinski definition) is 3. The highest BCUT2D eigenvalue weighted by Crippen LogP contribution is 2.20. The van der Waals surface area contributed by atoms with Gasteiger partial charge >= 0.3 is 0 Å². The molecule has 6 nitrogen and oxygen atoms in total. The van der Waals surface area contributed by atoms with Crippen LogP contribution < -0.4 is 5.32 Å². The lowest BCUT2D eigenvalue weighted by atomic mass is 9.94. The molecule has 1 aliphatic rings. The van der Waals surface area contributed by atoms with Crippen molar-refractivity contribution in [3.05, 3.63) is 18.0 Å². The molecule has 136 valence electrons. The van der Waals surface area contributed by atoms with Crippen molar-refractivity contribution in [1.82, 2.24) is 24.9 Å². The minimum atomic E-state index is 0.828. The Morgan fingerprint density at radius 1 is 1.38 bits per heavy atom. The second-order valence-corrected chi connectivity index (χ2v) is 6.78. The normalized spacial score (nSPS) is 17.2. The quantitative estimate of drug-likeness (QED) is 0.611. The van der Waals surface area contributed by atoms with Crippen LogP contribution in [0.25, 0.3) is 0 Å². The van der Waals surface area contributed by atoms with Gasteiger partial charge in [-0.2, -0.15) is 5.10 Å². The van der Waals surface area contributed by atoms with E-state index in [9.17, 15) is 0 Å². The number of aliphatic imine (C=N–C) groups is 1. The van der Waals surface area contributed by atoms with Crippen LogP contribution in [0.4, 0.5) is 0 Å². The van der Waals surface area contributed by atoms with Gasteiger partial charge in [-0.15, -0.1) is 0 Å². The lowest BCUT2D eigenvalue weighted by Crippen LogP contribution is -2.38. The molecule has 1 N–H and O–H groups in total. The molecule has 1 aromatic heterocycles. The zero-order chi connectivity index (χ0) is 17.4. The molecule has 0 saturated carbocycles. The van der Waals surface area contributed by atoms with Gasteiger partial charge in [0.05, 0.1) is 6.20 Å². The predicted molar refractivity (Wildman–Crippen MR) is 100 cm³/mol. The molecule has 1 aliphatic heterocycles. The summed E-state index contributed by atoms with van der Waals surface area (Å²) in [5.74, 6) is 1.83. The smallest absolute Gasteiger partial charge is 0.193 e. The van der Waals surface area contributed by atoms with E-state index in [4.69, 9.17) is 4.99 Å². The van der Waals surface area contributed by atoms with Gasteiger partial charge in [0.25, 0.3) is 0 Å². The lowest BCUT2D eigenvalue weighted by molar-refractivity contribution is 0.188. The fourth-order valence-corrected chi connectivity index (χ4v) is 3.32. The average Bonchev–Trinajstić information content (AvgIpc) is 2.99. The molecule has 1 aromatic rings. The summed E-state index contributed by atoms with van der Waals surface area (Å²) in [4.78, 5) is 9.57. The van der Waals surface area contributed by atoms with Crippen LogP contribution in [0.1, 0.15) is 38.7 Å². The van der Waals surface area contributed by atoms with E-state index >= 15 is 0 Å². The number of guanidine groups is 1. The Morgan fingerprint density at radius 2 is 2.12 bits per heavy atom. The molecule has 1 fully saturated rings. The number of aromatic nitrogens is 2. The third kappa shape index (κ3) is 5.82. The minimum Gasteiger partial charge on any atom is -0.357 e. The molecule has 0 aromatic carbocycles. The summed E-state index contributed by atoms with van der Waals surface area (Å²) in [5.41, 5.74) is 1.21. The molecule has 1 saturated heterocycles. The number of piperidine rings is 1. The van der Waals surface area contributed by atoms with Crippen molar-refractivity contribution in [3.63, 3.8) is 0 Å². The zero-order valence-electron chi connectivity index (χ0n) is 15.8. The van der Waals surface area contributed by atoms with Crippen molar-refractivity contribution in [3.8, 4) is 0 Å². The van der Waals surface area contributed by atoms with Gasteiger partial charge in [-0.25, -0.2) is 0 Å². The Labute approximate surface area is 146 Å². The van der Waals surface area contributed by atoms with Gasteiger partial charge in [0.1, 0.15) is 0 Å². The molecule has 0 unspecified atom stereocenters. The van der Waals surface area contributed by atoms with Crippen LogP contribution >= 0.6 is 0 Å². The summed E-state index contributed by atoms with van der Waals surface area (Å²) in [7, 11) is 4.04. The summed E-state index contributed by atoms with van der Waals surface area (Å²) in [6.45, 7) is 10.7. The van der Waals surface area contributed by atoms with Crippen LogP contribution in [0.5, 0.6) is 0 Å². The average molecular weight is 335 g/mol. The van der Waals surface area contributed by atoms with Gasteiger partial charge in [-0.05, 0) is 51.7 Å². The van der Waals surface area contributed by atoms with Crippen molar-refractivity contribution < 1.29 is 0 Å². The Kier molecular flexibility index (Phi) is 7.56. The number of nitrogens with one attached hydrogen (secondary N) is 1. The van der Waals surface area contributed by atoms with E-state index in [1.165, 1.54) is 44.5 Å². The van der Waals surface area contributed by atoms with Crippen LogP contribution in [0.2, 0.25) is 0 Å². The second kappa shape index (κ2) is 9.67. The molecule has 0 spiro atoms. The van der Waals surface area contributed by atoms with E-state index in [0.29, 0.717) is 0 Å². The van der Waals surface area contributed by atoms with E-state index < -0.39 is 0 Å². The summed E-state index contributed by atoms with van der Waals surface area (Å²) in [6, 6.07) is 0. The monoisotopic (exact) mass is 334 g/mol. The number of rotatable bonds is 7. The Balaban J connectivity index is 1.81. The van der Waals surface area contributed by atoms with E-state index in [0.717, 1.165) is 31.5 Å². The summed E-state index contributed by atoms with van der Waals surface area (Å²) < 4.78 is 1.84. The predicted octanol–water partition coefficient (Wildman–Crippen LogP) is 1.94. The van der Waals surface area contributed by atoms with Crippen molar-refractivity contribution in [2.45, 2.75) is 39.7 Å². The van der Waals surface area contributed by atoms with Gasteiger partial charge in [-0.3, -0.25) is 9.67 Å². The maximum Gasteiger partial charge on any atom is 0.193 e. The van der Waals surface area contributed by atoms with Crippen molar-refractivity contribution in [2.24, 2.45) is 18.0 Å². The first-order valence-electron chi connectivity index (χ1n) is 9.31. The maximum absolute atomic E-state index is 4.84. The van der Waals surface area contributed by atoms with Crippen LogP contribution in [0.15, 0.2) is 17.4 Å². The molecule has 0 amide bonds. The highest BCUT2D eigenvalue weighted by atomic mass is 15.3. The molecule has 6 heteroatoms. The molecular formula is C18H34N6. The topological polar surface area (TPSA) is 48.7 Å². The third-order valence-electron chi connectivity index (χ3n) is 4.83. The highest BCUT2D eigenvalue weighted by Gasteiger charge is 2.17. The number of hydrogen-bond donors (Lipinski definition) is 1. The molecule has 0 atom stereocenters. The van der Waals surface area contributed by atoms with Crippen LogP contribution in [-0.4, -0.2) is 65.3 Å². The highest BCUT2D eigenvalue weighted by molar-refractivity contribution is 5.79. The first-order valence-corrected chi connectivity index (χ1v) is 9.31. The molecule has 0 bridgehead atoms. The Hall–Kier alpha value is -1.56. The van der Waals surface area contributed by atoms with E-state index in [1.54, 1.807) is 0 Å². The SMILES string of the molecule is CCNC(=NCCC1CCN(CC)CC1)N(C)Cc1cnn(C)c1. The zero-order valence-corrected chi connectivity index (χ0v) is 15.8. The summed E-state index contributed by atoms with van der Waals surface area (Å²) in [5, 5.41) is 7.64. The van der Waals surface area contributed by atoms with Crippen LogP contribution in [0, 0.1) is 5.92 Å². The van der Waals surface area contributed by atoms with Gasteiger partial charge in [0, 0.05) is 45.5 Å².